The molecule has 8 nitrogen and oxygen atoms in total. The van der Waals surface area contributed by atoms with Crippen LogP contribution >= 0.6 is 0 Å². The monoisotopic (exact) mass is 535 g/mol. The van der Waals surface area contributed by atoms with Crippen LogP contribution < -0.4 is 16.0 Å². The molecule has 206 valence electrons. The van der Waals surface area contributed by atoms with Crippen molar-refractivity contribution in [3.63, 3.8) is 0 Å². The molecule has 39 heavy (non-hydrogen) atoms. The van der Waals surface area contributed by atoms with E-state index < -0.39 is 23.7 Å². The first-order valence-electron chi connectivity index (χ1n) is 13.3. The Morgan fingerprint density at radius 2 is 1.77 bits per heavy atom. The molecule has 1 aromatic heterocycles. The molecule has 4 N–H and O–H groups in total. The van der Waals surface area contributed by atoms with Gasteiger partial charge in [-0.25, -0.2) is 9.18 Å². The van der Waals surface area contributed by atoms with E-state index in [4.69, 9.17) is 4.42 Å². The number of carbonyl (C=O) groups excluding carboxylic acids is 2. The lowest BCUT2D eigenvalue weighted by atomic mass is 9.84. The van der Waals surface area contributed by atoms with Crippen molar-refractivity contribution in [3.05, 3.63) is 77.8 Å². The molecule has 1 saturated carbocycles. The second kappa shape index (κ2) is 13.1. The number of anilines is 1. The van der Waals surface area contributed by atoms with Gasteiger partial charge in [0, 0.05) is 23.8 Å². The molecule has 9 heteroatoms. The van der Waals surface area contributed by atoms with Crippen molar-refractivity contribution in [2.45, 2.75) is 57.5 Å². The van der Waals surface area contributed by atoms with Gasteiger partial charge in [-0.15, -0.1) is 0 Å². The summed E-state index contributed by atoms with van der Waals surface area (Å²) in [7, 11) is 0. The van der Waals surface area contributed by atoms with Crippen molar-refractivity contribution in [2.24, 2.45) is 5.92 Å². The number of aromatic carboxylic acids is 1. The smallest absolute Gasteiger partial charge is 0.335 e. The fourth-order valence-electron chi connectivity index (χ4n) is 4.90. The largest absolute Gasteiger partial charge is 0.478 e. The summed E-state index contributed by atoms with van der Waals surface area (Å²) >= 11 is 0. The number of hydrogen-bond acceptors (Lipinski definition) is 5. The Hall–Kier alpha value is -4.14. The topological polar surface area (TPSA) is 121 Å². The Morgan fingerprint density at radius 1 is 1.00 bits per heavy atom. The summed E-state index contributed by atoms with van der Waals surface area (Å²) in [6, 6.07) is 14.4. The molecule has 4 rings (SSSR count). The SMILES string of the molecule is C[C@@H](CNc1cccc(C(=O)O)c1)NC(=O)[C@H](CC1CCCCC1)NC(=O)c1ccc(-c2cccc(F)c2)o1. The summed E-state index contributed by atoms with van der Waals surface area (Å²) in [6.45, 7) is 2.21. The van der Waals surface area contributed by atoms with E-state index in [1.807, 2.05) is 6.92 Å². The third-order valence-corrected chi connectivity index (χ3v) is 6.97. The highest BCUT2D eigenvalue weighted by Crippen LogP contribution is 2.28. The third-order valence-electron chi connectivity index (χ3n) is 6.97. The van der Waals surface area contributed by atoms with Gasteiger partial charge < -0.3 is 25.5 Å². The Labute approximate surface area is 227 Å². The van der Waals surface area contributed by atoms with E-state index in [9.17, 15) is 23.9 Å². The number of hydrogen-bond donors (Lipinski definition) is 4. The molecule has 0 aliphatic heterocycles. The number of carboxylic acids is 1. The summed E-state index contributed by atoms with van der Waals surface area (Å²) in [5, 5.41) is 18.1. The lowest BCUT2D eigenvalue weighted by molar-refractivity contribution is -0.124. The summed E-state index contributed by atoms with van der Waals surface area (Å²) in [6.07, 6.45) is 5.95. The quantitative estimate of drug-likeness (QED) is 0.258. The minimum Gasteiger partial charge on any atom is -0.478 e. The van der Waals surface area contributed by atoms with E-state index in [0.29, 0.717) is 35.9 Å². The Kier molecular flexibility index (Phi) is 9.35. The van der Waals surface area contributed by atoms with Gasteiger partial charge in [-0.3, -0.25) is 9.59 Å². The molecule has 2 amide bonds. The fourth-order valence-corrected chi connectivity index (χ4v) is 4.90. The molecule has 2 atom stereocenters. The zero-order valence-electron chi connectivity index (χ0n) is 21.9. The first kappa shape index (κ1) is 27.9. The summed E-state index contributed by atoms with van der Waals surface area (Å²) in [5.74, 6) is -1.48. The van der Waals surface area contributed by atoms with Crippen molar-refractivity contribution < 1.29 is 28.3 Å². The molecule has 0 spiro atoms. The Morgan fingerprint density at radius 3 is 2.51 bits per heavy atom. The van der Waals surface area contributed by atoms with Crippen LogP contribution in [0.4, 0.5) is 10.1 Å². The molecule has 3 aromatic rings. The molecule has 1 aliphatic rings. The summed E-state index contributed by atoms with van der Waals surface area (Å²) in [5.41, 5.74) is 1.32. The molecule has 2 aromatic carbocycles. The normalized spacial score (nSPS) is 15.2. The van der Waals surface area contributed by atoms with Crippen molar-refractivity contribution in [2.75, 3.05) is 11.9 Å². The number of amides is 2. The van der Waals surface area contributed by atoms with Crippen LogP contribution in [0, 0.1) is 11.7 Å². The maximum Gasteiger partial charge on any atom is 0.335 e. The molecular formula is C30H34FN3O5. The standard InChI is InChI=1S/C30H34FN3O5/c1-19(18-32-24-12-6-10-22(17-24)30(37)38)33-28(35)25(15-20-7-3-2-4-8-20)34-29(36)27-14-13-26(39-27)21-9-5-11-23(31)16-21/h5-6,9-14,16-17,19-20,25,32H,2-4,7-8,15,18H2,1H3,(H,33,35)(H,34,36)(H,37,38)/t19-,25-/m0/s1. The number of benzene rings is 2. The number of nitrogens with one attached hydrogen (secondary N) is 3. The summed E-state index contributed by atoms with van der Waals surface area (Å²) < 4.78 is 19.3. The first-order valence-corrected chi connectivity index (χ1v) is 13.3. The summed E-state index contributed by atoms with van der Waals surface area (Å²) in [4.78, 5) is 37.6. The predicted molar refractivity (Wildman–Crippen MR) is 146 cm³/mol. The molecular weight excluding hydrogens is 501 g/mol. The number of rotatable bonds is 11. The van der Waals surface area contributed by atoms with Gasteiger partial charge in [-0.05, 0) is 61.7 Å². The second-order valence-electron chi connectivity index (χ2n) is 10.1. The van der Waals surface area contributed by atoms with Crippen molar-refractivity contribution in [3.8, 4) is 11.3 Å². The van der Waals surface area contributed by atoms with Gasteiger partial charge in [0.05, 0.1) is 5.56 Å². The van der Waals surface area contributed by atoms with Gasteiger partial charge in [-0.2, -0.15) is 0 Å². The molecule has 0 unspecified atom stereocenters. The van der Waals surface area contributed by atoms with Crippen LogP contribution in [0.2, 0.25) is 0 Å². The van der Waals surface area contributed by atoms with E-state index in [-0.39, 0.29) is 23.3 Å². The van der Waals surface area contributed by atoms with Crippen LogP contribution in [0.15, 0.2) is 65.1 Å². The van der Waals surface area contributed by atoms with Gasteiger partial charge in [-0.1, -0.05) is 50.3 Å². The molecule has 0 bridgehead atoms. The molecule has 1 fully saturated rings. The lowest BCUT2D eigenvalue weighted by Crippen LogP contribution is -2.51. The lowest BCUT2D eigenvalue weighted by Gasteiger charge is -2.27. The highest BCUT2D eigenvalue weighted by molar-refractivity contribution is 5.96. The van der Waals surface area contributed by atoms with Crippen LogP contribution in [-0.4, -0.2) is 41.5 Å². The van der Waals surface area contributed by atoms with Gasteiger partial charge >= 0.3 is 5.97 Å². The minimum atomic E-state index is -1.01. The van der Waals surface area contributed by atoms with Crippen molar-refractivity contribution >= 4 is 23.5 Å². The maximum absolute atomic E-state index is 13.6. The molecule has 1 heterocycles. The van der Waals surface area contributed by atoms with Gasteiger partial charge in [0.1, 0.15) is 17.6 Å². The Balaban J connectivity index is 1.40. The zero-order valence-corrected chi connectivity index (χ0v) is 21.9. The average molecular weight is 536 g/mol. The van der Waals surface area contributed by atoms with Crippen molar-refractivity contribution in [1.82, 2.24) is 10.6 Å². The van der Waals surface area contributed by atoms with Gasteiger partial charge in [0.25, 0.3) is 5.91 Å². The highest BCUT2D eigenvalue weighted by atomic mass is 19.1. The minimum absolute atomic E-state index is 0.0451. The van der Waals surface area contributed by atoms with E-state index >= 15 is 0 Å². The van der Waals surface area contributed by atoms with E-state index in [2.05, 4.69) is 16.0 Å². The molecule has 1 aliphatic carbocycles. The van der Waals surface area contributed by atoms with Crippen LogP contribution in [0.3, 0.4) is 0 Å². The fraction of sp³-hybridized carbons (Fsp3) is 0.367. The molecule has 0 radical (unpaired) electrons. The van der Waals surface area contributed by atoms with E-state index in [1.165, 1.54) is 36.8 Å². The maximum atomic E-state index is 13.6. The first-order chi connectivity index (χ1) is 18.8. The van der Waals surface area contributed by atoms with E-state index in [1.54, 1.807) is 30.3 Å². The van der Waals surface area contributed by atoms with E-state index in [0.717, 1.165) is 25.7 Å². The number of carbonyl (C=O) groups is 3. The second-order valence-corrected chi connectivity index (χ2v) is 10.1. The predicted octanol–water partition coefficient (Wildman–Crippen LogP) is 5.47. The van der Waals surface area contributed by atoms with Crippen LogP contribution in [-0.2, 0) is 4.79 Å². The number of halogens is 1. The van der Waals surface area contributed by atoms with Crippen molar-refractivity contribution in [1.29, 1.82) is 0 Å². The molecule has 0 saturated heterocycles. The average Bonchev–Trinajstić information content (AvgIpc) is 3.43. The Bertz CT molecular complexity index is 1300. The van der Waals surface area contributed by atoms with Crippen LogP contribution in [0.25, 0.3) is 11.3 Å². The highest BCUT2D eigenvalue weighted by Gasteiger charge is 2.28. The number of carboxylic acid groups (broad SMARTS) is 1. The van der Waals surface area contributed by atoms with Gasteiger partial charge in [0.15, 0.2) is 5.76 Å². The van der Waals surface area contributed by atoms with Gasteiger partial charge in [0.2, 0.25) is 5.91 Å². The zero-order chi connectivity index (χ0) is 27.8. The number of furan rings is 1. The third kappa shape index (κ3) is 7.92. The van der Waals surface area contributed by atoms with Crippen LogP contribution in [0.1, 0.15) is 66.4 Å². The van der Waals surface area contributed by atoms with Crippen LogP contribution in [0.5, 0.6) is 0 Å².